The van der Waals surface area contributed by atoms with Crippen molar-refractivity contribution in [2.45, 2.75) is 6.54 Å². The molecule has 2 rings (SSSR count). The van der Waals surface area contributed by atoms with Gasteiger partial charge in [0.25, 0.3) is 5.91 Å². The highest BCUT2D eigenvalue weighted by Crippen LogP contribution is 2.27. The Bertz CT molecular complexity index is 610. The Labute approximate surface area is 114 Å². The lowest BCUT2D eigenvalue weighted by Gasteiger charge is -2.05. The van der Waals surface area contributed by atoms with Crippen molar-refractivity contribution in [3.8, 4) is 11.5 Å². The zero-order chi connectivity index (χ0) is 14.4. The summed E-state index contributed by atoms with van der Waals surface area (Å²) in [5.74, 6) is -0.0543. The molecule has 0 fully saturated rings. The first kappa shape index (κ1) is 13.5. The monoisotopic (exact) mass is 275 g/mol. The molecule has 8 nitrogen and oxygen atoms in total. The highest BCUT2D eigenvalue weighted by molar-refractivity contribution is 5.86. The number of methoxy groups -OCH3 is 1. The van der Waals surface area contributed by atoms with Crippen molar-refractivity contribution in [3.63, 3.8) is 0 Å². The van der Waals surface area contributed by atoms with E-state index in [0.717, 1.165) is 0 Å². The van der Waals surface area contributed by atoms with Crippen LogP contribution < -0.4 is 10.2 Å². The predicted octanol–water partition coefficient (Wildman–Crippen LogP) is 0.143. The maximum atomic E-state index is 11.5. The van der Waals surface area contributed by atoms with Crippen LogP contribution in [0.2, 0.25) is 0 Å². The summed E-state index contributed by atoms with van der Waals surface area (Å²) in [7, 11) is 1.45. The number of aromatic hydroxyl groups is 1. The van der Waals surface area contributed by atoms with Gasteiger partial charge in [-0.1, -0.05) is 6.07 Å². The Morgan fingerprint density at radius 3 is 3.15 bits per heavy atom. The van der Waals surface area contributed by atoms with E-state index in [1.807, 2.05) is 0 Å². The second-order valence-electron chi connectivity index (χ2n) is 3.78. The van der Waals surface area contributed by atoms with Gasteiger partial charge in [-0.15, -0.1) is 0 Å². The maximum absolute atomic E-state index is 11.5. The second-order valence-corrected chi connectivity index (χ2v) is 3.78. The van der Waals surface area contributed by atoms with Gasteiger partial charge in [0.1, 0.15) is 19.2 Å². The Kier molecular flexibility index (Phi) is 4.28. The highest BCUT2D eigenvalue weighted by Gasteiger charge is 2.05. The summed E-state index contributed by atoms with van der Waals surface area (Å²) < 4.78 is 6.33. The smallest absolute Gasteiger partial charge is 0.261 e. The van der Waals surface area contributed by atoms with Gasteiger partial charge in [-0.05, 0) is 12.1 Å². The second kappa shape index (κ2) is 6.32. The number of ether oxygens (including phenoxy) is 1. The average Bonchev–Trinajstić information content (AvgIpc) is 2.93. The molecule has 0 bridgehead atoms. The van der Waals surface area contributed by atoms with Crippen LogP contribution in [-0.4, -0.2) is 39.1 Å². The molecule has 8 heteroatoms. The molecule has 104 valence electrons. The van der Waals surface area contributed by atoms with Gasteiger partial charge >= 0.3 is 0 Å². The normalized spacial score (nSPS) is 10.7. The van der Waals surface area contributed by atoms with Crippen LogP contribution in [-0.2, 0) is 11.3 Å². The molecule has 0 radical (unpaired) electrons. The van der Waals surface area contributed by atoms with Crippen molar-refractivity contribution >= 4 is 12.1 Å². The van der Waals surface area contributed by atoms with Gasteiger partial charge in [-0.2, -0.15) is 10.2 Å². The van der Waals surface area contributed by atoms with Gasteiger partial charge in [0.15, 0.2) is 11.5 Å². The van der Waals surface area contributed by atoms with E-state index in [4.69, 9.17) is 4.74 Å². The molecular weight excluding hydrogens is 262 g/mol. The summed E-state index contributed by atoms with van der Waals surface area (Å²) >= 11 is 0. The number of rotatable bonds is 5. The van der Waals surface area contributed by atoms with E-state index in [1.165, 1.54) is 30.7 Å². The number of benzene rings is 1. The standard InChI is InChI=1S/C12H13N5O3/c1-20-10-4-2-3-9(12(10)19)5-14-16-11(18)6-17-8-13-7-15-17/h2-5,7-8,19H,6H2,1H3,(H,16,18)/b14-5+. The lowest BCUT2D eigenvalue weighted by atomic mass is 10.2. The third-order valence-electron chi connectivity index (χ3n) is 2.42. The number of hydrogen-bond acceptors (Lipinski definition) is 6. The van der Waals surface area contributed by atoms with Crippen LogP contribution in [0, 0.1) is 0 Å². The van der Waals surface area contributed by atoms with Gasteiger partial charge in [-0.25, -0.2) is 15.1 Å². The van der Waals surface area contributed by atoms with Crippen LogP contribution in [0.25, 0.3) is 0 Å². The SMILES string of the molecule is COc1cccc(/C=N/NC(=O)Cn2cncn2)c1O. The van der Waals surface area contributed by atoms with E-state index in [2.05, 4.69) is 20.6 Å². The van der Waals surface area contributed by atoms with Crippen molar-refractivity contribution in [2.75, 3.05) is 7.11 Å². The third kappa shape index (κ3) is 3.31. The molecule has 0 aliphatic rings. The van der Waals surface area contributed by atoms with Crippen molar-refractivity contribution in [1.82, 2.24) is 20.2 Å². The van der Waals surface area contributed by atoms with Crippen LogP contribution in [0.5, 0.6) is 11.5 Å². The van der Waals surface area contributed by atoms with Crippen LogP contribution >= 0.6 is 0 Å². The molecule has 0 spiro atoms. The van der Waals surface area contributed by atoms with Crippen LogP contribution in [0.1, 0.15) is 5.56 Å². The van der Waals surface area contributed by atoms with Gasteiger partial charge in [-0.3, -0.25) is 4.79 Å². The Hall–Kier alpha value is -2.90. The molecule has 1 heterocycles. The first-order valence-electron chi connectivity index (χ1n) is 5.71. The Balaban J connectivity index is 1.95. The van der Waals surface area contributed by atoms with Gasteiger partial charge in [0, 0.05) is 5.56 Å². The first-order valence-corrected chi connectivity index (χ1v) is 5.71. The predicted molar refractivity (Wildman–Crippen MR) is 70.4 cm³/mol. The molecule has 0 saturated carbocycles. The fraction of sp³-hybridized carbons (Fsp3) is 0.167. The van der Waals surface area contributed by atoms with Gasteiger partial charge in [0.05, 0.1) is 13.3 Å². The van der Waals surface area contributed by atoms with Crippen molar-refractivity contribution < 1.29 is 14.6 Å². The Morgan fingerprint density at radius 1 is 1.60 bits per heavy atom. The van der Waals surface area contributed by atoms with E-state index in [-0.39, 0.29) is 18.2 Å². The molecule has 0 unspecified atom stereocenters. The minimum Gasteiger partial charge on any atom is -0.504 e. The van der Waals surface area contributed by atoms with Crippen LogP contribution in [0.4, 0.5) is 0 Å². The third-order valence-corrected chi connectivity index (χ3v) is 2.42. The van der Waals surface area contributed by atoms with Crippen molar-refractivity contribution in [3.05, 3.63) is 36.4 Å². The number of nitrogens with zero attached hydrogens (tertiary/aromatic N) is 4. The van der Waals surface area contributed by atoms with Crippen molar-refractivity contribution in [2.24, 2.45) is 5.10 Å². The summed E-state index contributed by atoms with van der Waals surface area (Å²) in [6, 6.07) is 4.97. The van der Waals surface area contributed by atoms with E-state index in [1.54, 1.807) is 18.2 Å². The summed E-state index contributed by atoms with van der Waals surface area (Å²) in [5.41, 5.74) is 2.76. The molecule has 20 heavy (non-hydrogen) atoms. The number of para-hydroxylation sites is 1. The number of carbonyl (C=O) groups excluding carboxylic acids is 1. The van der Waals surface area contributed by atoms with Crippen LogP contribution in [0.3, 0.4) is 0 Å². The largest absolute Gasteiger partial charge is 0.504 e. The molecule has 2 N–H and O–H groups in total. The fourth-order valence-electron chi connectivity index (χ4n) is 1.48. The topological polar surface area (TPSA) is 102 Å². The minimum atomic E-state index is -0.353. The highest BCUT2D eigenvalue weighted by atomic mass is 16.5. The van der Waals surface area contributed by atoms with E-state index >= 15 is 0 Å². The van der Waals surface area contributed by atoms with Crippen LogP contribution in [0.15, 0.2) is 36.0 Å². The van der Waals surface area contributed by atoms with Crippen molar-refractivity contribution in [1.29, 1.82) is 0 Å². The average molecular weight is 275 g/mol. The molecule has 0 saturated heterocycles. The zero-order valence-electron chi connectivity index (χ0n) is 10.7. The van der Waals surface area contributed by atoms with Gasteiger partial charge < -0.3 is 9.84 Å². The summed E-state index contributed by atoms with van der Waals surface area (Å²) in [5, 5.41) is 17.4. The van der Waals surface area contributed by atoms with E-state index < -0.39 is 0 Å². The molecule has 0 aliphatic heterocycles. The summed E-state index contributed by atoms with van der Waals surface area (Å²) in [6.07, 6.45) is 4.10. The zero-order valence-corrected chi connectivity index (χ0v) is 10.7. The first-order chi connectivity index (χ1) is 9.70. The molecule has 0 aliphatic carbocycles. The molecule has 2 aromatic rings. The number of phenolic OH excluding ortho intramolecular Hbond substituents is 1. The quantitative estimate of drug-likeness (QED) is 0.597. The molecule has 1 aromatic carbocycles. The van der Waals surface area contributed by atoms with Gasteiger partial charge in [0.2, 0.25) is 0 Å². The number of aromatic nitrogens is 3. The Morgan fingerprint density at radius 2 is 2.45 bits per heavy atom. The fourth-order valence-corrected chi connectivity index (χ4v) is 1.48. The molecule has 1 amide bonds. The summed E-state index contributed by atoms with van der Waals surface area (Å²) in [6.45, 7) is 0.0153. The number of nitrogens with one attached hydrogen (secondary N) is 1. The number of hydrogen-bond donors (Lipinski definition) is 2. The lowest BCUT2D eigenvalue weighted by molar-refractivity contribution is -0.121. The number of amides is 1. The molecular formula is C12H13N5O3. The molecule has 1 aromatic heterocycles. The number of phenols is 1. The summed E-state index contributed by atoms with van der Waals surface area (Å²) in [4.78, 5) is 15.2. The lowest BCUT2D eigenvalue weighted by Crippen LogP contribution is -2.23. The number of carbonyl (C=O) groups is 1. The minimum absolute atomic E-state index is 0.0153. The van der Waals surface area contributed by atoms with E-state index in [0.29, 0.717) is 11.3 Å². The van der Waals surface area contributed by atoms with E-state index in [9.17, 15) is 9.90 Å². The maximum Gasteiger partial charge on any atom is 0.261 e. The number of hydrazone groups is 1. The molecule has 0 atom stereocenters.